The number of rotatable bonds is 6. The van der Waals surface area contributed by atoms with Crippen LogP contribution in [0.4, 0.5) is 5.69 Å². The number of carbonyl (C=O) groups excluding carboxylic acids is 1. The average molecular weight is 400 g/mol. The van der Waals surface area contributed by atoms with E-state index < -0.39 is 10.0 Å². The van der Waals surface area contributed by atoms with Gasteiger partial charge in [-0.05, 0) is 63.2 Å². The number of hydrogen-bond acceptors (Lipinski definition) is 6. The zero-order chi connectivity index (χ0) is 20.5. The largest absolute Gasteiger partial charge is 0.495 e. The number of aromatic nitrogens is 1. The molecule has 0 saturated heterocycles. The lowest BCUT2D eigenvalue weighted by atomic mass is 10.1. The molecule has 0 spiro atoms. The summed E-state index contributed by atoms with van der Waals surface area (Å²) in [5.41, 5.74) is 2.98. The third-order valence-electron chi connectivity index (χ3n) is 4.42. The molecule has 7 nitrogen and oxygen atoms in total. The SMILES string of the molecule is COc1ccc(-c2onc(C)c2C)cc1S(=O)(=O)Nc1ccc(C(C)=O)cc1. The molecule has 0 radical (unpaired) electrons. The molecule has 2 aromatic carbocycles. The minimum atomic E-state index is -3.95. The number of nitrogens with one attached hydrogen (secondary N) is 1. The van der Waals surface area contributed by atoms with Crippen molar-refractivity contribution in [1.82, 2.24) is 5.16 Å². The first kappa shape index (κ1) is 19.6. The zero-order valence-corrected chi connectivity index (χ0v) is 16.8. The van der Waals surface area contributed by atoms with Gasteiger partial charge in [-0.2, -0.15) is 0 Å². The molecule has 3 rings (SSSR count). The highest BCUT2D eigenvalue weighted by Gasteiger charge is 2.22. The molecule has 0 aliphatic heterocycles. The van der Waals surface area contributed by atoms with E-state index in [0.29, 0.717) is 22.6 Å². The Balaban J connectivity index is 2.01. The van der Waals surface area contributed by atoms with Gasteiger partial charge in [-0.3, -0.25) is 9.52 Å². The van der Waals surface area contributed by atoms with E-state index in [2.05, 4.69) is 9.88 Å². The van der Waals surface area contributed by atoms with Gasteiger partial charge in [-0.15, -0.1) is 0 Å². The minimum absolute atomic E-state index is 0.0309. The van der Waals surface area contributed by atoms with Gasteiger partial charge in [0, 0.05) is 22.4 Å². The Labute approximate surface area is 163 Å². The first-order chi connectivity index (χ1) is 13.2. The van der Waals surface area contributed by atoms with Gasteiger partial charge in [-0.25, -0.2) is 8.42 Å². The third-order valence-corrected chi connectivity index (χ3v) is 5.82. The molecule has 0 aliphatic carbocycles. The number of hydrogen-bond donors (Lipinski definition) is 1. The molecular weight excluding hydrogens is 380 g/mol. The molecule has 3 aromatic rings. The predicted octanol–water partition coefficient (Wildman–Crippen LogP) is 3.97. The first-order valence-corrected chi connectivity index (χ1v) is 9.96. The summed E-state index contributed by atoms with van der Waals surface area (Å²) >= 11 is 0. The van der Waals surface area contributed by atoms with Crippen LogP contribution in [0.25, 0.3) is 11.3 Å². The lowest BCUT2D eigenvalue weighted by Crippen LogP contribution is -2.14. The van der Waals surface area contributed by atoms with Crippen LogP contribution in [0.5, 0.6) is 5.75 Å². The number of ether oxygens (including phenoxy) is 1. The van der Waals surface area contributed by atoms with Crippen LogP contribution >= 0.6 is 0 Å². The molecule has 8 heteroatoms. The van der Waals surface area contributed by atoms with Gasteiger partial charge in [0.25, 0.3) is 10.0 Å². The van der Waals surface area contributed by atoms with Crippen LogP contribution in [0, 0.1) is 13.8 Å². The molecular formula is C20H20N2O5S. The van der Waals surface area contributed by atoms with Gasteiger partial charge in [-0.1, -0.05) is 5.16 Å². The van der Waals surface area contributed by atoms with Crippen molar-refractivity contribution in [3.05, 3.63) is 59.3 Å². The fourth-order valence-electron chi connectivity index (χ4n) is 2.70. The summed E-state index contributed by atoms with van der Waals surface area (Å²) in [5, 5.41) is 3.92. The molecule has 0 unspecified atom stereocenters. The lowest BCUT2D eigenvalue weighted by molar-refractivity contribution is 0.101. The molecule has 1 aromatic heterocycles. The second-order valence-corrected chi connectivity index (χ2v) is 7.98. The maximum atomic E-state index is 13.0. The summed E-state index contributed by atoms with van der Waals surface area (Å²) in [6.07, 6.45) is 0. The molecule has 1 N–H and O–H groups in total. The Hall–Kier alpha value is -3.13. The van der Waals surface area contributed by atoms with Crippen LogP contribution in [0.2, 0.25) is 0 Å². The van der Waals surface area contributed by atoms with Crippen LogP contribution in [0.1, 0.15) is 28.5 Å². The normalized spacial score (nSPS) is 11.3. The van der Waals surface area contributed by atoms with Crippen LogP contribution in [0.3, 0.4) is 0 Å². The number of sulfonamides is 1. The second kappa shape index (κ2) is 7.47. The maximum Gasteiger partial charge on any atom is 0.265 e. The average Bonchev–Trinajstić information content (AvgIpc) is 3.00. The number of methoxy groups -OCH3 is 1. The maximum absolute atomic E-state index is 13.0. The second-order valence-electron chi connectivity index (χ2n) is 6.33. The van der Waals surface area contributed by atoms with E-state index >= 15 is 0 Å². The standard InChI is InChI=1S/C20H20N2O5S/c1-12-13(2)21-27-20(12)16-7-10-18(26-4)19(11-16)28(24,25)22-17-8-5-15(6-9-17)14(3)23/h5-11,22H,1-4H3. The number of Topliss-reactive ketones (excluding diaryl/α,β-unsaturated/α-hetero) is 1. The third kappa shape index (κ3) is 3.77. The number of anilines is 1. The van der Waals surface area contributed by atoms with Crippen molar-refractivity contribution >= 4 is 21.5 Å². The Bertz CT molecular complexity index is 1130. The zero-order valence-electron chi connectivity index (χ0n) is 15.9. The van der Waals surface area contributed by atoms with Crippen molar-refractivity contribution < 1.29 is 22.5 Å². The van der Waals surface area contributed by atoms with Crippen molar-refractivity contribution in [1.29, 1.82) is 0 Å². The molecule has 28 heavy (non-hydrogen) atoms. The summed E-state index contributed by atoms with van der Waals surface area (Å²) in [7, 11) is -2.55. The Kier molecular flexibility index (Phi) is 5.24. The monoisotopic (exact) mass is 400 g/mol. The van der Waals surface area contributed by atoms with Gasteiger partial charge < -0.3 is 9.26 Å². The Morgan fingerprint density at radius 1 is 1.11 bits per heavy atom. The number of benzene rings is 2. The van der Waals surface area contributed by atoms with Gasteiger partial charge >= 0.3 is 0 Å². The summed E-state index contributed by atoms with van der Waals surface area (Å²) < 4.78 is 39.0. The van der Waals surface area contributed by atoms with Gasteiger partial charge in [0.1, 0.15) is 10.6 Å². The molecule has 146 valence electrons. The van der Waals surface area contributed by atoms with Crippen LogP contribution in [0.15, 0.2) is 51.9 Å². The topological polar surface area (TPSA) is 98.5 Å². The summed E-state index contributed by atoms with van der Waals surface area (Å²) in [6.45, 7) is 5.12. The van der Waals surface area contributed by atoms with Crippen LogP contribution in [-0.2, 0) is 10.0 Å². The number of ketones is 1. The number of aryl methyl sites for hydroxylation is 1. The molecule has 0 amide bonds. The van der Waals surface area contributed by atoms with Crippen LogP contribution < -0.4 is 9.46 Å². The summed E-state index contributed by atoms with van der Waals surface area (Å²) in [6, 6.07) is 11.0. The van der Waals surface area contributed by atoms with Crippen molar-refractivity contribution in [2.75, 3.05) is 11.8 Å². The smallest absolute Gasteiger partial charge is 0.265 e. The highest BCUT2D eigenvalue weighted by molar-refractivity contribution is 7.92. The van der Waals surface area contributed by atoms with E-state index in [1.807, 2.05) is 13.8 Å². The summed E-state index contributed by atoms with van der Waals surface area (Å²) in [4.78, 5) is 11.3. The van der Waals surface area contributed by atoms with Crippen molar-refractivity contribution in [3.63, 3.8) is 0 Å². The van der Waals surface area contributed by atoms with E-state index in [1.54, 1.807) is 24.3 Å². The van der Waals surface area contributed by atoms with Gasteiger partial charge in [0.05, 0.1) is 12.8 Å². The molecule has 1 heterocycles. The van der Waals surface area contributed by atoms with Gasteiger partial charge in [0.15, 0.2) is 11.5 Å². The van der Waals surface area contributed by atoms with Crippen molar-refractivity contribution in [2.45, 2.75) is 25.7 Å². The van der Waals surface area contributed by atoms with E-state index in [1.165, 1.54) is 32.2 Å². The predicted molar refractivity (Wildman–Crippen MR) is 105 cm³/mol. The Morgan fingerprint density at radius 2 is 1.79 bits per heavy atom. The number of carbonyl (C=O) groups is 1. The van der Waals surface area contributed by atoms with Crippen molar-refractivity contribution in [2.24, 2.45) is 0 Å². The minimum Gasteiger partial charge on any atom is -0.495 e. The lowest BCUT2D eigenvalue weighted by Gasteiger charge is -2.13. The van der Waals surface area contributed by atoms with Crippen molar-refractivity contribution in [3.8, 4) is 17.1 Å². The highest BCUT2D eigenvalue weighted by atomic mass is 32.2. The molecule has 0 atom stereocenters. The fraction of sp³-hybridized carbons (Fsp3) is 0.200. The molecule has 0 saturated carbocycles. The Morgan fingerprint density at radius 3 is 2.32 bits per heavy atom. The first-order valence-electron chi connectivity index (χ1n) is 8.48. The van der Waals surface area contributed by atoms with E-state index in [-0.39, 0.29) is 16.4 Å². The van der Waals surface area contributed by atoms with E-state index in [9.17, 15) is 13.2 Å². The number of nitrogens with zero attached hydrogens (tertiary/aromatic N) is 1. The molecule has 0 aliphatic rings. The van der Waals surface area contributed by atoms with E-state index in [4.69, 9.17) is 9.26 Å². The van der Waals surface area contributed by atoms with Crippen LogP contribution in [-0.4, -0.2) is 26.5 Å². The van der Waals surface area contributed by atoms with Gasteiger partial charge in [0.2, 0.25) is 0 Å². The fourth-order valence-corrected chi connectivity index (χ4v) is 3.95. The quantitative estimate of drug-likeness (QED) is 0.629. The summed E-state index contributed by atoms with van der Waals surface area (Å²) in [5.74, 6) is 0.606. The molecule has 0 fully saturated rings. The highest BCUT2D eigenvalue weighted by Crippen LogP contribution is 2.33. The van der Waals surface area contributed by atoms with E-state index in [0.717, 1.165) is 11.3 Å². The molecule has 0 bridgehead atoms.